The monoisotopic (exact) mass is 211 g/mol. The molecule has 0 aromatic heterocycles. The Kier molecular flexibility index (Phi) is 3.62. The maximum Gasteiger partial charge on any atom is 0.309 e. The maximum atomic E-state index is 10.7. The molecule has 0 aromatic carbocycles. The number of hydrogen-bond acceptors (Lipinski definition) is 2. The molecule has 1 heterocycles. The molecule has 1 saturated carbocycles. The summed E-state index contributed by atoms with van der Waals surface area (Å²) in [5.41, 5.74) is 0. The zero-order chi connectivity index (χ0) is 10.7. The van der Waals surface area contributed by atoms with Crippen LogP contribution in [0.2, 0.25) is 0 Å². The molecule has 3 heteroatoms. The van der Waals surface area contributed by atoms with E-state index in [-0.39, 0.29) is 5.92 Å². The van der Waals surface area contributed by atoms with Gasteiger partial charge in [0.1, 0.15) is 0 Å². The maximum absolute atomic E-state index is 10.7. The Morgan fingerprint density at radius 2 is 1.53 bits per heavy atom. The second-order valence-electron chi connectivity index (χ2n) is 4.99. The van der Waals surface area contributed by atoms with Crippen molar-refractivity contribution in [3.8, 4) is 0 Å². The third kappa shape index (κ3) is 2.71. The van der Waals surface area contributed by atoms with Crippen molar-refractivity contribution in [1.29, 1.82) is 0 Å². The van der Waals surface area contributed by atoms with Crippen LogP contribution in [0.1, 0.15) is 44.9 Å². The average molecular weight is 211 g/mol. The van der Waals surface area contributed by atoms with Crippen LogP contribution in [0.3, 0.4) is 0 Å². The summed E-state index contributed by atoms with van der Waals surface area (Å²) < 4.78 is 0. The Labute approximate surface area is 91.5 Å². The van der Waals surface area contributed by atoms with Crippen LogP contribution in [-0.2, 0) is 4.79 Å². The zero-order valence-electron chi connectivity index (χ0n) is 9.32. The van der Waals surface area contributed by atoms with E-state index in [4.69, 9.17) is 5.11 Å². The van der Waals surface area contributed by atoms with Crippen LogP contribution >= 0.6 is 0 Å². The molecule has 15 heavy (non-hydrogen) atoms. The van der Waals surface area contributed by atoms with E-state index in [0.717, 1.165) is 13.1 Å². The first kappa shape index (κ1) is 10.9. The predicted molar refractivity (Wildman–Crippen MR) is 58.8 cm³/mol. The molecule has 2 rings (SSSR count). The molecule has 0 aromatic rings. The lowest BCUT2D eigenvalue weighted by Crippen LogP contribution is -2.54. The fourth-order valence-corrected chi connectivity index (χ4v) is 2.77. The third-order valence-corrected chi connectivity index (χ3v) is 3.85. The molecule has 0 bridgehead atoms. The van der Waals surface area contributed by atoms with E-state index in [9.17, 15) is 4.79 Å². The molecule has 0 amide bonds. The number of carbonyl (C=O) groups is 1. The molecule has 1 saturated heterocycles. The molecule has 2 aliphatic rings. The smallest absolute Gasteiger partial charge is 0.309 e. The largest absolute Gasteiger partial charge is 0.481 e. The molecular weight excluding hydrogens is 190 g/mol. The molecule has 0 radical (unpaired) electrons. The highest BCUT2D eigenvalue weighted by Crippen LogP contribution is 2.27. The fourth-order valence-electron chi connectivity index (χ4n) is 2.77. The number of carboxylic acid groups (broad SMARTS) is 1. The molecule has 86 valence electrons. The van der Waals surface area contributed by atoms with Gasteiger partial charge in [-0.1, -0.05) is 32.1 Å². The van der Waals surface area contributed by atoms with Crippen molar-refractivity contribution in [3.63, 3.8) is 0 Å². The van der Waals surface area contributed by atoms with Gasteiger partial charge in [0.2, 0.25) is 0 Å². The Balaban J connectivity index is 1.76. The molecular formula is C12H21NO2. The number of nitrogens with zero attached hydrogens (tertiary/aromatic N) is 1. The van der Waals surface area contributed by atoms with Crippen LogP contribution in [0, 0.1) is 5.92 Å². The van der Waals surface area contributed by atoms with E-state index >= 15 is 0 Å². The van der Waals surface area contributed by atoms with Gasteiger partial charge in [-0.15, -0.1) is 0 Å². The highest BCUT2D eigenvalue weighted by atomic mass is 16.4. The van der Waals surface area contributed by atoms with E-state index in [1.807, 2.05) is 0 Å². The van der Waals surface area contributed by atoms with Crippen molar-refractivity contribution in [2.24, 2.45) is 5.92 Å². The van der Waals surface area contributed by atoms with Gasteiger partial charge >= 0.3 is 5.97 Å². The molecule has 3 nitrogen and oxygen atoms in total. The summed E-state index contributed by atoms with van der Waals surface area (Å²) >= 11 is 0. The molecule has 2 fully saturated rings. The SMILES string of the molecule is O=C(O)C1CN(C2CCCCCCC2)C1. The van der Waals surface area contributed by atoms with Gasteiger partial charge in [0.05, 0.1) is 5.92 Å². The van der Waals surface area contributed by atoms with Crippen molar-refractivity contribution in [2.75, 3.05) is 13.1 Å². The quantitative estimate of drug-likeness (QED) is 0.760. The molecule has 1 N–H and O–H groups in total. The predicted octanol–water partition coefficient (Wildman–Crippen LogP) is 2.12. The second kappa shape index (κ2) is 4.97. The first-order chi connectivity index (χ1) is 7.27. The summed E-state index contributed by atoms with van der Waals surface area (Å²) in [6, 6.07) is 0.681. The highest BCUT2D eigenvalue weighted by Gasteiger charge is 2.36. The van der Waals surface area contributed by atoms with Gasteiger partial charge in [0.15, 0.2) is 0 Å². The van der Waals surface area contributed by atoms with E-state index < -0.39 is 5.97 Å². The third-order valence-electron chi connectivity index (χ3n) is 3.85. The normalized spacial score (nSPS) is 26.7. The van der Waals surface area contributed by atoms with E-state index in [0.29, 0.717) is 6.04 Å². The summed E-state index contributed by atoms with van der Waals surface area (Å²) in [6.45, 7) is 1.58. The standard InChI is InChI=1S/C12H21NO2/c14-12(15)10-8-13(9-10)11-6-4-2-1-3-5-7-11/h10-11H,1-9H2,(H,14,15). The lowest BCUT2D eigenvalue weighted by Gasteiger charge is -2.43. The van der Waals surface area contributed by atoms with Crippen molar-refractivity contribution >= 4 is 5.97 Å². The van der Waals surface area contributed by atoms with Crippen molar-refractivity contribution < 1.29 is 9.90 Å². The number of rotatable bonds is 2. The van der Waals surface area contributed by atoms with Crippen LogP contribution in [-0.4, -0.2) is 35.1 Å². The molecule has 0 spiro atoms. The first-order valence-electron chi connectivity index (χ1n) is 6.24. The van der Waals surface area contributed by atoms with Crippen molar-refractivity contribution in [1.82, 2.24) is 4.90 Å². The lowest BCUT2D eigenvalue weighted by atomic mass is 9.90. The number of carboxylic acids is 1. The first-order valence-corrected chi connectivity index (χ1v) is 6.24. The summed E-state index contributed by atoms with van der Waals surface area (Å²) in [4.78, 5) is 13.1. The van der Waals surface area contributed by atoms with Crippen LogP contribution in [0.4, 0.5) is 0 Å². The minimum absolute atomic E-state index is 0.0876. The van der Waals surface area contributed by atoms with E-state index in [1.54, 1.807) is 0 Å². The van der Waals surface area contributed by atoms with Gasteiger partial charge in [-0.05, 0) is 12.8 Å². The molecule has 1 aliphatic carbocycles. The van der Waals surface area contributed by atoms with Crippen LogP contribution < -0.4 is 0 Å². The van der Waals surface area contributed by atoms with Gasteiger partial charge in [-0.2, -0.15) is 0 Å². The lowest BCUT2D eigenvalue weighted by molar-refractivity contribution is -0.148. The summed E-state index contributed by atoms with van der Waals surface area (Å²) in [6.07, 6.45) is 9.36. The zero-order valence-corrected chi connectivity index (χ0v) is 9.32. The molecule has 0 unspecified atom stereocenters. The Bertz CT molecular complexity index is 216. The van der Waals surface area contributed by atoms with Crippen LogP contribution in [0.15, 0.2) is 0 Å². The summed E-state index contributed by atoms with van der Waals surface area (Å²) in [5.74, 6) is -0.701. The Morgan fingerprint density at radius 3 is 2.07 bits per heavy atom. The van der Waals surface area contributed by atoms with Gasteiger partial charge in [-0.25, -0.2) is 0 Å². The Hall–Kier alpha value is -0.570. The minimum Gasteiger partial charge on any atom is -0.481 e. The Morgan fingerprint density at radius 1 is 1.00 bits per heavy atom. The van der Waals surface area contributed by atoms with Gasteiger partial charge in [0.25, 0.3) is 0 Å². The van der Waals surface area contributed by atoms with Crippen molar-refractivity contribution in [3.05, 3.63) is 0 Å². The van der Waals surface area contributed by atoms with E-state index in [1.165, 1.54) is 44.9 Å². The van der Waals surface area contributed by atoms with E-state index in [2.05, 4.69) is 4.90 Å². The number of hydrogen-bond donors (Lipinski definition) is 1. The molecule has 0 atom stereocenters. The fraction of sp³-hybridized carbons (Fsp3) is 0.917. The van der Waals surface area contributed by atoms with Gasteiger partial charge in [0, 0.05) is 19.1 Å². The summed E-state index contributed by atoms with van der Waals surface area (Å²) in [5, 5.41) is 8.82. The van der Waals surface area contributed by atoms with Gasteiger partial charge in [-0.3, -0.25) is 9.69 Å². The van der Waals surface area contributed by atoms with Gasteiger partial charge < -0.3 is 5.11 Å². The van der Waals surface area contributed by atoms with Crippen LogP contribution in [0.25, 0.3) is 0 Å². The average Bonchev–Trinajstić information content (AvgIpc) is 2.04. The minimum atomic E-state index is -0.614. The second-order valence-corrected chi connectivity index (χ2v) is 4.99. The van der Waals surface area contributed by atoms with Crippen LogP contribution in [0.5, 0.6) is 0 Å². The molecule has 1 aliphatic heterocycles. The topological polar surface area (TPSA) is 40.5 Å². The summed E-state index contributed by atoms with van der Waals surface area (Å²) in [7, 11) is 0. The number of likely N-dealkylation sites (tertiary alicyclic amines) is 1. The number of aliphatic carboxylic acids is 1. The highest BCUT2D eigenvalue weighted by molar-refractivity contribution is 5.71. The van der Waals surface area contributed by atoms with Crippen molar-refractivity contribution in [2.45, 2.75) is 51.0 Å².